The number of carbonyl (C=O) groups excluding carboxylic acids is 3. The number of aromatic nitrogens is 2. The summed E-state index contributed by atoms with van der Waals surface area (Å²) in [7, 11) is 1.60. The number of rotatable bonds is 6. The van der Waals surface area contributed by atoms with Crippen molar-refractivity contribution >= 4 is 34.6 Å². The number of nitrogens with one attached hydrogen (secondary N) is 3. The zero-order valence-corrected chi connectivity index (χ0v) is 22.7. The van der Waals surface area contributed by atoms with Gasteiger partial charge in [0, 0.05) is 36.9 Å². The normalized spacial score (nSPS) is 16.3. The van der Waals surface area contributed by atoms with Crippen LogP contribution in [0.15, 0.2) is 30.3 Å². The number of anilines is 1. The third kappa shape index (κ3) is 6.39. The van der Waals surface area contributed by atoms with Gasteiger partial charge in [0.05, 0.1) is 24.7 Å². The van der Waals surface area contributed by atoms with E-state index >= 15 is 0 Å². The van der Waals surface area contributed by atoms with Crippen LogP contribution in [0.1, 0.15) is 40.2 Å². The zero-order valence-electron chi connectivity index (χ0n) is 22.7. The van der Waals surface area contributed by atoms with Gasteiger partial charge in [0.15, 0.2) is 0 Å². The number of H-pyrrole nitrogens is 1. The van der Waals surface area contributed by atoms with Crippen molar-refractivity contribution in [2.45, 2.75) is 44.8 Å². The number of nitrogens with zero attached hydrogens (tertiary/aromatic N) is 3. The van der Waals surface area contributed by atoms with Crippen LogP contribution in [0, 0.1) is 6.92 Å². The molecule has 0 bridgehead atoms. The van der Waals surface area contributed by atoms with Gasteiger partial charge < -0.3 is 30.2 Å². The highest BCUT2D eigenvalue weighted by Gasteiger charge is 2.32. The number of carbonyl (C=O) groups is 3. The van der Waals surface area contributed by atoms with Gasteiger partial charge in [0.25, 0.3) is 5.91 Å². The number of piperidine rings is 1. The van der Waals surface area contributed by atoms with Gasteiger partial charge in [-0.2, -0.15) is 13.2 Å². The highest BCUT2D eigenvalue weighted by molar-refractivity contribution is 5.99. The molecule has 218 valence electrons. The first kappa shape index (κ1) is 28.2. The van der Waals surface area contributed by atoms with Crippen molar-refractivity contribution in [3.63, 3.8) is 0 Å². The van der Waals surface area contributed by atoms with Gasteiger partial charge in [-0.05, 0) is 67.6 Å². The number of hydrogen-bond donors (Lipinski definition) is 3. The molecule has 0 atom stereocenters. The quantitative estimate of drug-likeness (QED) is 0.415. The maximum absolute atomic E-state index is 12.9. The van der Waals surface area contributed by atoms with Gasteiger partial charge in [-0.1, -0.05) is 0 Å². The Kier molecular flexibility index (Phi) is 7.78. The van der Waals surface area contributed by atoms with Crippen LogP contribution in [-0.4, -0.2) is 83.1 Å². The topological polar surface area (TPSA) is 120 Å². The summed E-state index contributed by atoms with van der Waals surface area (Å²) in [5.74, 6) is -0.252. The maximum Gasteiger partial charge on any atom is 0.396 e. The van der Waals surface area contributed by atoms with Gasteiger partial charge in [-0.25, -0.2) is 9.78 Å². The summed E-state index contributed by atoms with van der Waals surface area (Å²) in [5, 5.41) is 5.59. The van der Waals surface area contributed by atoms with Gasteiger partial charge in [-0.3, -0.25) is 9.59 Å². The minimum Gasteiger partial charge on any atom is -0.497 e. The molecule has 3 heterocycles. The second-order valence-corrected chi connectivity index (χ2v) is 10.4. The number of alkyl halides is 3. The van der Waals surface area contributed by atoms with Gasteiger partial charge in [0.2, 0.25) is 5.91 Å². The molecule has 5 rings (SSSR count). The van der Waals surface area contributed by atoms with E-state index in [1.807, 2.05) is 23.1 Å². The van der Waals surface area contributed by atoms with Crippen LogP contribution in [0.4, 0.5) is 23.7 Å². The molecule has 0 aliphatic carbocycles. The molecule has 2 aliphatic rings. The molecule has 1 saturated heterocycles. The lowest BCUT2D eigenvalue weighted by Gasteiger charge is -2.38. The number of benzene rings is 2. The van der Waals surface area contributed by atoms with Crippen LogP contribution < -0.4 is 15.4 Å². The van der Waals surface area contributed by atoms with E-state index in [0.29, 0.717) is 55.5 Å². The maximum atomic E-state index is 12.9. The predicted octanol–water partition coefficient (Wildman–Crippen LogP) is 3.80. The predicted molar refractivity (Wildman–Crippen MR) is 145 cm³/mol. The Labute approximate surface area is 234 Å². The number of halogens is 3. The van der Waals surface area contributed by atoms with Gasteiger partial charge in [-0.15, -0.1) is 0 Å². The second-order valence-electron chi connectivity index (χ2n) is 10.4. The lowest BCUT2D eigenvalue weighted by atomic mass is 10.0. The zero-order chi connectivity index (χ0) is 29.3. The Morgan fingerprint density at radius 1 is 1.15 bits per heavy atom. The minimum absolute atomic E-state index is 0.0174. The SMILES string of the molecule is COc1ccc2c(c1)CCN(C1CCN(C(=O)CNC(=O)c3cc(C)c4nc(CC(F)(F)F)[nH]c4c3)CC1)C(=O)N2. The number of methoxy groups -OCH3 is 1. The summed E-state index contributed by atoms with van der Waals surface area (Å²) in [6.07, 6.45) is -3.69. The summed E-state index contributed by atoms with van der Waals surface area (Å²) < 4.78 is 43.5. The number of amides is 4. The van der Waals surface area contributed by atoms with Crippen molar-refractivity contribution in [1.29, 1.82) is 0 Å². The first-order valence-electron chi connectivity index (χ1n) is 13.4. The molecule has 2 aromatic carbocycles. The molecule has 0 unspecified atom stereocenters. The summed E-state index contributed by atoms with van der Waals surface area (Å²) in [6, 6.07) is 8.35. The molecule has 13 heteroatoms. The number of likely N-dealkylation sites (tertiary alicyclic amines) is 1. The lowest BCUT2D eigenvalue weighted by molar-refractivity contribution is -0.131. The first-order valence-corrected chi connectivity index (χ1v) is 13.4. The summed E-state index contributed by atoms with van der Waals surface area (Å²) >= 11 is 0. The molecule has 1 fully saturated rings. The van der Waals surface area contributed by atoms with Gasteiger partial charge in [0.1, 0.15) is 18.0 Å². The highest BCUT2D eigenvalue weighted by atomic mass is 19.4. The summed E-state index contributed by atoms with van der Waals surface area (Å²) in [6.45, 7) is 2.89. The fourth-order valence-electron chi connectivity index (χ4n) is 5.45. The molecular formula is C28H31F3N6O4. The monoisotopic (exact) mass is 572 g/mol. The smallest absolute Gasteiger partial charge is 0.396 e. The van der Waals surface area contributed by atoms with E-state index in [1.54, 1.807) is 18.9 Å². The van der Waals surface area contributed by atoms with Crippen molar-refractivity contribution in [1.82, 2.24) is 25.1 Å². The van der Waals surface area contributed by atoms with Crippen LogP contribution in [0.25, 0.3) is 11.0 Å². The van der Waals surface area contributed by atoms with E-state index in [0.717, 1.165) is 17.0 Å². The average molecular weight is 573 g/mol. The van der Waals surface area contributed by atoms with E-state index < -0.39 is 18.5 Å². The summed E-state index contributed by atoms with van der Waals surface area (Å²) in [5.41, 5.74) is 3.22. The Bertz CT molecular complexity index is 1480. The number of hydrogen-bond acceptors (Lipinski definition) is 5. The number of fused-ring (bicyclic) bond motifs is 2. The molecule has 1 aromatic heterocycles. The van der Waals surface area contributed by atoms with Crippen LogP contribution in [-0.2, 0) is 17.6 Å². The van der Waals surface area contributed by atoms with Crippen molar-refractivity contribution in [3.8, 4) is 5.75 Å². The highest BCUT2D eigenvalue weighted by Crippen LogP contribution is 2.28. The Hall–Kier alpha value is -4.29. The number of aryl methyl sites for hydroxylation is 1. The van der Waals surface area contributed by atoms with Crippen LogP contribution in [0.2, 0.25) is 0 Å². The minimum atomic E-state index is -4.41. The van der Waals surface area contributed by atoms with E-state index in [4.69, 9.17) is 4.74 Å². The summed E-state index contributed by atoms with van der Waals surface area (Å²) in [4.78, 5) is 48.7. The second kappa shape index (κ2) is 11.3. The van der Waals surface area contributed by atoms with Crippen LogP contribution in [0.3, 0.4) is 0 Å². The number of urea groups is 1. The van der Waals surface area contributed by atoms with Crippen molar-refractivity contribution in [2.24, 2.45) is 0 Å². The first-order chi connectivity index (χ1) is 19.5. The van der Waals surface area contributed by atoms with E-state index in [2.05, 4.69) is 20.6 Å². The fourth-order valence-corrected chi connectivity index (χ4v) is 5.45. The lowest BCUT2D eigenvalue weighted by Crippen LogP contribution is -2.51. The van der Waals surface area contributed by atoms with Gasteiger partial charge >= 0.3 is 12.2 Å². The molecule has 41 heavy (non-hydrogen) atoms. The fraction of sp³-hybridized carbons (Fsp3) is 0.429. The Morgan fingerprint density at radius 2 is 1.90 bits per heavy atom. The molecule has 3 aromatic rings. The van der Waals surface area contributed by atoms with Crippen LogP contribution >= 0.6 is 0 Å². The largest absolute Gasteiger partial charge is 0.497 e. The van der Waals surface area contributed by atoms with Crippen molar-refractivity contribution in [3.05, 3.63) is 52.8 Å². The third-order valence-corrected chi connectivity index (χ3v) is 7.55. The number of imidazole rings is 1. The molecule has 0 spiro atoms. The molecule has 2 aliphatic heterocycles. The van der Waals surface area contributed by atoms with E-state index in [1.165, 1.54) is 12.1 Å². The standard InChI is InChI=1S/C28H31F3N6O4/c1-16-11-18(13-22-25(16)35-23(33-22)14-28(29,30)31)26(39)32-15-24(38)36-8-6-19(7-9-36)37-10-5-17-12-20(41-2)3-4-21(17)34-27(37)40/h3-4,11-13,19H,5-10,14-15H2,1-2H3,(H,32,39)(H,33,35)(H,34,40). The molecule has 0 radical (unpaired) electrons. The van der Waals surface area contributed by atoms with Crippen molar-refractivity contribution in [2.75, 3.05) is 38.6 Å². The third-order valence-electron chi connectivity index (χ3n) is 7.55. The van der Waals surface area contributed by atoms with Crippen molar-refractivity contribution < 1.29 is 32.3 Å². The molecular weight excluding hydrogens is 541 g/mol. The molecule has 4 amide bonds. The van der Waals surface area contributed by atoms with E-state index in [9.17, 15) is 27.6 Å². The molecule has 10 nitrogen and oxygen atoms in total. The van der Waals surface area contributed by atoms with Crippen LogP contribution in [0.5, 0.6) is 5.75 Å². The van der Waals surface area contributed by atoms with E-state index in [-0.39, 0.29) is 35.9 Å². The average Bonchev–Trinajstić information content (AvgIpc) is 3.25. The molecule has 0 saturated carbocycles. The Balaban J connectivity index is 1.13. The number of ether oxygens (including phenoxy) is 1. The molecule has 3 N–H and O–H groups in total. The Morgan fingerprint density at radius 3 is 2.61 bits per heavy atom. The number of aromatic amines is 1.